The SMILES string of the molecule is NC1CCN(c2ccc3nc(Nc4ccccc4C(F)(F)F)[nH]c3c2)CC1. The van der Waals surface area contributed by atoms with Crippen molar-refractivity contribution in [3.05, 3.63) is 48.0 Å². The van der Waals surface area contributed by atoms with Crippen LogP contribution in [0.15, 0.2) is 42.5 Å². The molecule has 0 radical (unpaired) electrons. The topological polar surface area (TPSA) is 70.0 Å². The maximum atomic E-state index is 13.2. The number of nitrogens with one attached hydrogen (secondary N) is 2. The molecule has 27 heavy (non-hydrogen) atoms. The first kappa shape index (κ1) is 17.7. The lowest BCUT2D eigenvalue weighted by atomic mass is 10.1. The van der Waals surface area contributed by atoms with E-state index in [9.17, 15) is 13.2 Å². The number of piperidine rings is 1. The molecule has 1 aliphatic heterocycles. The molecule has 8 heteroatoms. The van der Waals surface area contributed by atoms with Crippen molar-refractivity contribution >= 4 is 28.4 Å². The number of anilines is 3. The monoisotopic (exact) mass is 375 g/mol. The van der Waals surface area contributed by atoms with Crippen LogP contribution in [0.5, 0.6) is 0 Å². The van der Waals surface area contributed by atoms with Crippen LogP contribution in [-0.4, -0.2) is 29.1 Å². The molecule has 0 spiro atoms. The van der Waals surface area contributed by atoms with Crippen molar-refractivity contribution in [2.75, 3.05) is 23.3 Å². The summed E-state index contributed by atoms with van der Waals surface area (Å²) in [5.74, 6) is 0.277. The first-order chi connectivity index (χ1) is 12.9. The standard InChI is InChI=1S/C19H20F3N5/c20-19(21,22)14-3-1-2-4-15(14)24-18-25-16-6-5-13(11-17(16)26-18)27-9-7-12(23)8-10-27/h1-6,11-12H,7-10,23H2,(H2,24,25,26). The van der Waals surface area contributed by atoms with Gasteiger partial charge in [0.05, 0.1) is 22.3 Å². The Morgan fingerprint density at radius 3 is 2.59 bits per heavy atom. The summed E-state index contributed by atoms with van der Waals surface area (Å²) < 4.78 is 39.5. The molecule has 142 valence electrons. The Labute approximate surface area is 154 Å². The number of hydrogen-bond acceptors (Lipinski definition) is 4. The van der Waals surface area contributed by atoms with Crippen LogP contribution in [0, 0.1) is 0 Å². The predicted molar refractivity (Wildman–Crippen MR) is 100 cm³/mol. The van der Waals surface area contributed by atoms with Gasteiger partial charge in [0.1, 0.15) is 0 Å². The molecule has 3 aromatic rings. The Morgan fingerprint density at radius 1 is 1.11 bits per heavy atom. The van der Waals surface area contributed by atoms with Crippen LogP contribution in [0.4, 0.5) is 30.5 Å². The fourth-order valence-electron chi connectivity index (χ4n) is 3.38. The molecule has 0 bridgehead atoms. The number of nitrogens with two attached hydrogens (primary N) is 1. The fraction of sp³-hybridized carbons (Fsp3) is 0.316. The molecule has 5 nitrogen and oxygen atoms in total. The minimum Gasteiger partial charge on any atom is -0.371 e. The zero-order valence-electron chi connectivity index (χ0n) is 14.6. The van der Waals surface area contributed by atoms with Crippen LogP contribution in [-0.2, 0) is 6.18 Å². The molecule has 1 aromatic heterocycles. The average Bonchev–Trinajstić information content (AvgIpc) is 3.03. The lowest BCUT2D eigenvalue weighted by molar-refractivity contribution is -0.136. The van der Waals surface area contributed by atoms with Gasteiger partial charge in [-0.25, -0.2) is 4.98 Å². The number of imidazole rings is 1. The van der Waals surface area contributed by atoms with Gasteiger partial charge in [-0.2, -0.15) is 13.2 Å². The summed E-state index contributed by atoms with van der Waals surface area (Å²) in [5, 5.41) is 2.76. The lowest BCUT2D eigenvalue weighted by Crippen LogP contribution is -2.39. The van der Waals surface area contributed by atoms with Crippen LogP contribution in [0.25, 0.3) is 11.0 Å². The van der Waals surface area contributed by atoms with E-state index < -0.39 is 11.7 Å². The Balaban J connectivity index is 1.60. The summed E-state index contributed by atoms with van der Waals surface area (Å²) >= 11 is 0. The van der Waals surface area contributed by atoms with Crippen LogP contribution in [0.3, 0.4) is 0 Å². The van der Waals surface area contributed by atoms with Gasteiger partial charge in [-0.15, -0.1) is 0 Å². The van der Waals surface area contributed by atoms with Gasteiger partial charge in [-0.05, 0) is 43.2 Å². The quantitative estimate of drug-likeness (QED) is 0.640. The Bertz CT molecular complexity index is 942. The highest BCUT2D eigenvalue weighted by molar-refractivity contribution is 5.82. The van der Waals surface area contributed by atoms with Gasteiger partial charge in [0.25, 0.3) is 0 Å². The van der Waals surface area contributed by atoms with Crippen LogP contribution < -0.4 is 16.0 Å². The zero-order chi connectivity index (χ0) is 19.0. The van der Waals surface area contributed by atoms with Gasteiger partial charge in [0, 0.05) is 24.8 Å². The normalized spacial score (nSPS) is 16.1. The van der Waals surface area contributed by atoms with Gasteiger partial charge in [-0.1, -0.05) is 12.1 Å². The van der Waals surface area contributed by atoms with Crippen LogP contribution in [0.2, 0.25) is 0 Å². The maximum absolute atomic E-state index is 13.2. The number of fused-ring (bicyclic) bond motifs is 1. The average molecular weight is 375 g/mol. The second-order valence-electron chi connectivity index (χ2n) is 6.78. The van der Waals surface area contributed by atoms with Crippen molar-refractivity contribution in [2.45, 2.75) is 25.1 Å². The highest BCUT2D eigenvalue weighted by Gasteiger charge is 2.33. The van der Waals surface area contributed by atoms with E-state index in [1.54, 1.807) is 6.07 Å². The molecule has 1 fully saturated rings. The van der Waals surface area contributed by atoms with Crippen LogP contribution >= 0.6 is 0 Å². The van der Waals surface area contributed by atoms with E-state index in [0.29, 0.717) is 5.52 Å². The molecule has 1 aliphatic rings. The number of rotatable bonds is 3. The lowest BCUT2D eigenvalue weighted by Gasteiger charge is -2.31. The van der Waals surface area contributed by atoms with Gasteiger partial charge < -0.3 is 20.9 Å². The number of hydrogen-bond donors (Lipinski definition) is 3. The number of H-pyrrole nitrogens is 1. The van der Waals surface area contributed by atoms with E-state index in [0.717, 1.165) is 43.2 Å². The van der Waals surface area contributed by atoms with Crippen molar-refractivity contribution in [3.8, 4) is 0 Å². The molecule has 0 aliphatic carbocycles. The first-order valence-electron chi connectivity index (χ1n) is 8.84. The first-order valence-corrected chi connectivity index (χ1v) is 8.84. The second kappa shape index (κ2) is 6.77. The maximum Gasteiger partial charge on any atom is 0.418 e. The van der Waals surface area contributed by atoms with E-state index in [-0.39, 0.29) is 17.7 Å². The van der Waals surface area contributed by atoms with Gasteiger partial charge >= 0.3 is 6.18 Å². The minimum absolute atomic E-state index is 0.0331. The van der Waals surface area contributed by atoms with E-state index in [1.807, 2.05) is 18.2 Å². The van der Waals surface area contributed by atoms with Crippen molar-refractivity contribution in [3.63, 3.8) is 0 Å². The predicted octanol–water partition coefficient (Wildman–Crippen LogP) is 4.25. The number of benzene rings is 2. The number of halogens is 3. The molecule has 0 atom stereocenters. The van der Waals surface area contributed by atoms with Crippen molar-refractivity contribution in [1.82, 2.24) is 9.97 Å². The Morgan fingerprint density at radius 2 is 1.85 bits per heavy atom. The smallest absolute Gasteiger partial charge is 0.371 e. The Kier molecular flexibility index (Phi) is 4.43. The molecule has 2 heterocycles. The number of aromatic amines is 1. The molecule has 4 rings (SSSR count). The highest BCUT2D eigenvalue weighted by Crippen LogP contribution is 2.35. The molecule has 1 saturated heterocycles. The van der Waals surface area contributed by atoms with Gasteiger partial charge in [0.15, 0.2) is 0 Å². The molecule has 2 aromatic carbocycles. The van der Waals surface area contributed by atoms with Crippen molar-refractivity contribution < 1.29 is 13.2 Å². The molecule has 0 unspecified atom stereocenters. The third-order valence-electron chi connectivity index (χ3n) is 4.86. The summed E-state index contributed by atoms with van der Waals surface area (Å²) in [6.45, 7) is 1.79. The summed E-state index contributed by atoms with van der Waals surface area (Å²) in [6, 6.07) is 11.4. The zero-order valence-corrected chi connectivity index (χ0v) is 14.6. The number of aromatic nitrogens is 2. The van der Waals surface area contributed by atoms with Crippen molar-refractivity contribution in [1.29, 1.82) is 0 Å². The molecule has 4 N–H and O–H groups in total. The largest absolute Gasteiger partial charge is 0.418 e. The molecular formula is C19H20F3N5. The number of alkyl halides is 3. The summed E-state index contributed by atoms with van der Waals surface area (Å²) in [6.07, 6.45) is -2.54. The van der Waals surface area contributed by atoms with Gasteiger partial charge in [0.2, 0.25) is 5.95 Å². The summed E-state index contributed by atoms with van der Waals surface area (Å²) in [4.78, 5) is 9.69. The molecule has 0 saturated carbocycles. The summed E-state index contributed by atoms with van der Waals surface area (Å²) in [5.41, 5.74) is 7.72. The third kappa shape index (κ3) is 3.71. The van der Waals surface area contributed by atoms with Gasteiger partial charge in [-0.3, -0.25) is 0 Å². The fourth-order valence-corrected chi connectivity index (χ4v) is 3.38. The molecule has 0 amide bonds. The van der Waals surface area contributed by atoms with E-state index >= 15 is 0 Å². The second-order valence-corrected chi connectivity index (χ2v) is 6.78. The third-order valence-corrected chi connectivity index (χ3v) is 4.86. The van der Waals surface area contributed by atoms with E-state index in [1.165, 1.54) is 12.1 Å². The van der Waals surface area contributed by atoms with E-state index in [2.05, 4.69) is 20.2 Å². The number of nitrogens with zero attached hydrogens (tertiary/aromatic N) is 2. The van der Waals surface area contributed by atoms with E-state index in [4.69, 9.17) is 5.73 Å². The highest BCUT2D eigenvalue weighted by atomic mass is 19.4. The van der Waals surface area contributed by atoms with Crippen LogP contribution in [0.1, 0.15) is 18.4 Å². The minimum atomic E-state index is -4.43. The number of para-hydroxylation sites is 1. The summed E-state index contributed by atoms with van der Waals surface area (Å²) in [7, 11) is 0. The Hall–Kier alpha value is -2.74. The van der Waals surface area contributed by atoms with Crippen molar-refractivity contribution in [2.24, 2.45) is 5.73 Å². The molecular weight excluding hydrogens is 355 g/mol.